The highest BCUT2D eigenvalue weighted by atomic mass is 35.5. The Morgan fingerprint density at radius 2 is 2.04 bits per heavy atom. The Morgan fingerprint density at radius 1 is 1.32 bits per heavy atom. The maximum absolute atomic E-state index is 12.5. The average molecular weight is 368 g/mol. The second-order valence-electron chi connectivity index (χ2n) is 7.85. The Balaban J connectivity index is 0.00000225. The fraction of sp³-hybridized carbons (Fsp3) is 0.611. The average Bonchev–Trinajstić information content (AvgIpc) is 2.92. The molecule has 1 amide bonds. The van der Waals surface area contributed by atoms with Crippen LogP contribution >= 0.6 is 12.4 Å². The maximum atomic E-state index is 12.5. The van der Waals surface area contributed by atoms with Gasteiger partial charge in [0.1, 0.15) is 5.56 Å². The Morgan fingerprint density at radius 3 is 2.72 bits per heavy atom. The molecule has 1 heterocycles. The predicted octanol–water partition coefficient (Wildman–Crippen LogP) is 1.81. The SMILES string of the molecule is CC1(C)CC(=O)c2cc(C(=O)NC3CCCC3CN)c(=O)[nH]c2C1.Cl. The van der Waals surface area contributed by atoms with Gasteiger partial charge < -0.3 is 16.0 Å². The molecule has 1 aromatic heterocycles. The molecule has 0 saturated heterocycles. The number of H-pyrrole nitrogens is 1. The van der Waals surface area contributed by atoms with Crippen LogP contribution in [0.1, 0.15) is 65.9 Å². The summed E-state index contributed by atoms with van der Waals surface area (Å²) in [6.07, 6.45) is 3.95. The molecule has 25 heavy (non-hydrogen) atoms. The van der Waals surface area contributed by atoms with Gasteiger partial charge in [0, 0.05) is 23.7 Å². The van der Waals surface area contributed by atoms with Crippen LogP contribution in [0.5, 0.6) is 0 Å². The molecule has 0 radical (unpaired) electrons. The Bertz CT molecular complexity index is 742. The molecule has 138 valence electrons. The number of Topliss-reactive ketones (excluding diaryl/α,β-unsaturated/α-hetero) is 1. The molecule has 0 bridgehead atoms. The van der Waals surface area contributed by atoms with Crippen molar-refractivity contribution in [2.75, 3.05) is 6.54 Å². The van der Waals surface area contributed by atoms with Crippen LogP contribution in [0.3, 0.4) is 0 Å². The van der Waals surface area contributed by atoms with Crippen molar-refractivity contribution < 1.29 is 9.59 Å². The van der Waals surface area contributed by atoms with E-state index in [4.69, 9.17) is 5.73 Å². The molecule has 0 aromatic carbocycles. The summed E-state index contributed by atoms with van der Waals surface area (Å²) in [7, 11) is 0. The first kappa shape index (κ1) is 19.7. The van der Waals surface area contributed by atoms with Crippen LogP contribution in [0.4, 0.5) is 0 Å². The second-order valence-corrected chi connectivity index (χ2v) is 7.85. The first-order valence-corrected chi connectivity index (χ1v) is 8.61. The van der Waals surface area contributed by atoms with Gasteiger partial charge in [0.25, 0.3) is 11.5 Å². The topological polar surface area (TPSA) is 105 Å². The smallest absolute Gasteiger partial charge is 0.261 e. The molecular weight excluding hydrogens is 342 g/mol. The normalized spacial score (nSPS) is 24.4. The van der Waals surface area contributed by atoms with E-state index in [2.05, 4.69) is 10.3 Å². The summed E-state index contributed by atoms with van der Waals surface area (Å²) < 4.78 is 0. The van der Waals surface area contributed by atoms with E-state index < -0.39 is 11.5 Å². The van der Waals surface area contributed by atoms with Crippen LogP contribution < -0.4 is 16.6 Å². The monoisotopic (exact) mass is 367 g/mol. The first-order chi connectivity index (χ1) is 11.3. The number of carbonyl (C=O) groups excluding carboxylic acids is 2. The molecule has 1 aromatic rings. The van der Waals surface area contributed by atoms with Crippen LogP contribution in [0.15, 0.2) is 10.9 Å². The number of nitrogens with two attached hydrogens (primary N) is 1. The van der Waals surface area contributed by atoms with Gasteiger partial charge in [-0.1, -0.05) is 20.3 Å². The van der Waals surface area contributed by atoms with Crippen molar-refractivity contribution in [2.45, 2.75) is 52.0 Å². The highest BCUT2D eigenvalue weighted by molar-refractivity contribution is 6.02. The summed E-state index contributed by atoms with van der Waals surface area (Å²) in [6.45, 7) is 4.53. The van der Waals surface area contributed by atoms with E-state index >= 15 is 0 Å². The number of ketones is 1. The third kappa shape index (κ3) is 3.96. The number of hydrogen-bond acceptors (Lipinski definition) is 4. The number of rotatable bonds is 3. The molecule has 2 aliphatic carbocycles. The molecule has 7 heteroatoms. The number of aromatic amines is 1. The summed E-state index contributed by atoms with van der Waals surface area (Å²) in [5.41, 5.74) is 6.26. The van der Waals surface area contributed by atoms with Gasteiger partial charge in [-0.2, -0.15) is 0 Å². The molecule has 4 N–H and O–H groups in total. The van der Waals surface area contributed by atoms with Crippen LogP contribution in [0.25, 0.3) is 0 Å². The van der Waals surface area contributed by atoms with Crippen LogP contribution in [-0.2, 0) is 6.42 Å². The van der Waals surface area contributed by atoms with E-state index in [1.807, 2.05) is 13.8 Å². The van der Waals surface area contributed by atoms with Gasteiger partial charge in [-0.25, -0.2) is 0 Å². The van der Waals surface area contributed by atoms with Gasteiger partial charge in [0.2, 0.25) is 0 Å². The molecule has 2 aliphatic rings. The molecule has 0 spiro atoms. The van der Waals surface area contributed by atoms with Gasteiger partial charge in [0.15, 0.2) is 5.78 Å². The third-order valence-electron chi connectivity index (χ3n) is 5.24. The third-order valence-corrected chi connectivity index (χ3v) is 5.24. The quantitative estimate of drug-likeness (QED) is 0.757. The highest BCUT2D eigenvalue weighted by Crippen LogP contribution is 2.33. The standard InChI is InChI=1S/C18H25N3O3.ClH/c1-18(2)7-14-11(15(22)8-18)6-12(17(24)21-14)16(23)20-13-5-3-4-10(13)9-19;/h6,10,13H,3-5,7-9,19H2,1-2H3,(H,20,23)(H,21,24);1H. The van der Waals surface area contributed by atoms with Crippen molar-refractivity contribution in [1.82, 2.24) is 10.3 Å². The number of pyridine rings is 1. The van der Waals surface area contributed by atoms with Crippen LogP contribution in [-0.4, -0.2) is 29.3 Å². The Labute approximate surface area is 153 Å². The number of nitrogens with one attached hydrogen (secondary N) is 2. The van der Waals surface area contributed by atoms with Gasteiger partial charge in [0.05, 0.1) is 0 Å². The van der Waals surface area contributed by atoms with Crippen molar-refractivity contribution in [3.8, 4) is 0 Å². The lowest BCUT2D eigenvalue weighted by Gasteiger charge is -2.29. The predicted molar refractivity (Wildman–Crippen MR) is 98.4 cm³/mol. The zero-order valence-corrected chi connectivity index (χ0v) is 15.5. The summed E-state index contributed by atoms with van der Waals surface area (Å²) in [5, 5.41) is 2.92. The number of hydrogen-bond donors (Lipinski definition) is 3. The minimum Gasteiger partial charge on any atom is -0.349 e. The molecule has 1 saturated carbocycles. The molecular formula is C18H26ClN3O3. The zero-order valence-electron chi connectivity index (χ0n) is 14.7. The first-order valence-electron chi connectivity index (χ1n) is 8.61. The van der Waals surface area contributed by atoms with E-state index in [1.165, 1.54) is 6.07 Å². The second kappa shape index (κ2) is 7.30. The number of halogens is 1. The van der Waals surface area contributed by atoms with Crippen LogP contribution in [0, 0.1) is 11.3 Å². The van der Waals surface area contributed by atoms with Crippen molar-refractivity contribution >= 4 is 24.1 Å². The van der Waals surface area contributed by atoms with Crippen molar-refractivity contribution in [3.63, 3.8) is 0 Å². The van der Waals surface area contributed by atoms with E-state index in [-0.39, 0.29) is 41.1 Å². The minimum absolute atomic E-state index is 0. The van der Waals surface area contributed by atoms with Gasteiger partial charge in [-0.3, -0.25) is 14.4 Å². The fourth-order valence-corrected chi connectivity index (χ4v) is 3.95. The Kier molecular flexibility index (Phi) is 5.74. The lowest BCUT2D eigenvalue weighted by atomic mass is 9.75. The van der Waals surface area contributed by atoms with E-state index in [0.717, 1.165) is 19.3 Å². The van der Waals surface area contributed by atoms with Gasteiger partial charge in [-0.05, 0) is 43.2 Å². The molecule has 2 unspecified atom stereocenters. The zero-order chi connectivity index (χ0) is 17.5. The molecule has 6 nitrogen and oxygen atoms in total. The number of fused-ring (bicyclic) bond motifs is 1. The molecule has 1 fully saturated rings. The largest absolute Gasteiger partial charge is 0.349 e. The lowest BCUT2D eigenvalue weighted by Crippen LogP contribution is -2.42. The maximum Gasteiger partial charge on any atom is 0.261 e. The molecule has 0 aliphatic heterocycles. The number of amides is 1. The van der Waals surface area contributed by atoms with E-state index in [0.29, 0.717) is 30.6 Å². The van der Waals surface area contributed by atoms with E-state index in [1.54, 1.807) is 0 Å². The van der Waals surface area contributed by atoms with E-state index in [9.17, 15) is 14.4 Å². The molecule has 3 rings (SSSR count). The number of aromatic nitrogens is 1. The summed E-state index contributed by atoms with van der Waals surface area (Å²) >= 11 is 0. The summed E-state index contributed by atoms with van der Waals surface area (Å²) in [5.74, 6) is -0.178. The van der Waals surface area contributed by atoms with Crippen molar-refractivity contribution in [2.24, 2.45) is 17.1 Å². The summed E-state index contributed by atoms with van der Waals surface area (Å²) in [6, 6.07) is 1.47. The Hall–Kier alpha value is -1.66. The van der Waals surface area contributed by atoms with Gasteiger partial charge in [-0.15, -0.1) is 12.4 Å². The van der Waals surface area contributed by atoms with Crippen LogP contribution in [0.2, 0.25) is 0 Å². The molecule has 2 atom stereocenters. The highest BCUT2D eigenvalue weighted by Gasteiger charge is 2.33. The lowest BCUT2D eigenvalue weighted by molar-refractivity contribution is 0.0910. The number of carbonyl (C=O) groups is 2. The van der Waals surface area contributed by atoms with Crippen molar-refractivity contribution in [3.05, 3.63) is 33.2 Å². The summed E-state index contributed by atoms with van der Waals surface area (Å²) in [4.78, 5) is 40.0. The minimum atomic E-state index is -0.431. The fourth-order valence-electron chi connectivity index (χ4n) is 3.95. The van der Waals surface area contributed by atoms with Crippen molar-refractivity contribution in [1.29, 1.82) is 0 Å². The van der Waals surface area contributed by atoms with Gasteiger partial charge >= 0.3 is 0 Å².